The van der Waals surface area contributed by atoms with Gasteiger partial charge in [0.2, 0.25) is 5.91 Å². The Hall–Kier alpha value is -3.55. The van der Waals surface area contributed by atoms with Gasteiger partial charge in [0.1, 0.15) is 23.9 Å². The van der Waals surface area contributed by atoms with Gasteiger partial charge in [-0.2, -0.15) is 0 Å². The van der Waals surface area contributed by atoms with Gasteiger partial charge in [0.25, 0.3) is 5.91 Å². The van der Waals surface area contributed by atoms with Crippen molar-refractivity contribution < 1.29 is 23.9 Å². The first-order chi connectivity index (χ1) is 16.5. The molecule has 0 radical (unpaired) electrons. The first-order valence-electron chi connectivity index (χ1n) is 11.8. The van der Waals surface area contributed by atoms with E-state index in [2.05, 4.69) is 10.6 Å². The van der Waals surface area contributed by atoms with Crippen LogP contribution in [0.25, 0.3) is 0 Å². The fraction of sp³-hybridized carbons (Fsp3) is 0.444. The third kappa shape index (κ3) is 7.21. The van der Waals surface area contributed by atoms with Gasteiger partial charge < -0.3 is 25.0 Å². The molecule has 3 amide bonds. The lowest BCUT2D eigenvalue weighted by atomic mass is 9.96. The van der Waals surface area contributed by atoms with Crippen molar-refractivity contribution >= 4 is 23.6 Å². The molecule has 0 spiro atoms. The number of hydrogen-bond donors (Lipinski definition) is 2. The van der Waals surface area contributed by atoms with E-state index in [0.29, 0.717) is 11.4 Å². The monoisotopic (exact) mass is 481 g/mol. The molecular weight excluding hydrogens is 446 g/mol. The summed E-state index contributed by atoms with van der Waals surface area (Å²) in [5.74, 6) is 0.0183. The normalized spacial score (nSPS) is 14.0. The van der Waals surface area contributed by atoms with Gasteiger partial charge >= 0.3 is 6.09 Å². The average Bonchev–Trinajstić information content (AvgIpc) is 3.61. The zero-order valence-corrected chi connectivity index (χ0v) is 21.3. The van der Waals surface area contributed by atoms with Crippen molar-refractivity contribution in [3.8, 4) is 5.75 Å². The number of hydrogen-bond acceptors (Lipinski definition) is 5. The van der Waals surface area contributed by atoms with E-state index in [1.807, 2.05) is 32.0 Å². The van der Waals surface area contributed by atoms with Crippen molar-refractivity contribution in [2.45, 2.75) is 65.1 Å². The molecule has 0 bridgehead atoms. The van der Waals surface area contributed by atoms with Crippen LogP contribution in [0.2, 0.25) is 0 Å². The van der Waals surface area contributed by atoms with Gasteiger partial charge in [0.05, 0.1) is 7.11 Å². The maximum absolute atomic E-state index is 13.7. The first-order valence-corrected chi connectivity index (χ1v) is 11.8. The first kappa shape index (κ1) is 26.1. The topological polar surface area (TPSA) is 97.0 Å². The van der Waals surface area contributed by atoms with E-state index in [9.17, 15) is 14.4 Å². The fourth-order valence-electron chi connectivity index (χ4n) is 3.90. The molecule has 1 aliphatic rings. The van der Waals surface area contributed by atoms with Crippen LogP contribution >= 0.6 is 0 Å². The minimum Gasteiger partial charge on any atom is -0.497 e. The minimum absolute atomic E-state index is 0.0738. The van der Waals surface area contributed by atoms with Crippen LogP contribution < -0.4 is 15.4 Å². The zero-order valence-electron chi connectivity index (χ0n) is 21.3. The van der Waals surface area contributed by atoms with Crippen molar-refractivity contribution in [1.29, 1.82) is 0 Å². The number of alkyl carbamates (subject to hydrolysis) is 1. The molecule has 1 fully saturated rings. The van der Waals surface area contributed by atoms with Gasteiger partial charge in [0, 0.05) is 11.7 Å². The second-order valence-corrected chi connectivity index (χ2v) is 9.87. The lowest BCUT2D eigenvalue weighted by Gasteiger charge is -2.32. The predicted octanol–water partition coefficient (Wildman–Crippen LogP) is 4.51. The molecule has 35 heavy (non-hydrogen) atoms. The molecule has 0 aliphatic heterocycles. The van der Waals surface area contributed by atoms with Crippen LogP contribution in [0, 0.1) is 13.8 Å². The van der Waals surface area contributed by atoms with Crippen molar-refractivity contribution in [3.63, 3.8) is 0 Å². The summed E-state index contributed by atoms with van der Waals surface area (Å²) in [4.78, 5) is 40.8. The molecule has 2 aromatic carbocycles. The smallest absolute Gasteiger partial charge is 0.408 e. The Morgan fingerprint density at radius 1 is 1.06 bits per heavy atom. The number of nitrogens with one attached hydrogen (secondary N) is 2. The van der Waals surface area contributed by atoms with E-state index in [1.54, 1.807) is 57.0 Å². The lowest BCUT2D eigenvalue weighted by Crippen LogP contribution is -2.47. The van der Waals surface area contributed by atoms with Crippen molar-refractivity contribution in [3.05, 3.63) is 59.2 Å². The van der Waals surface area contributed by atoms with Crippen molar-refractivity contribution in [1.82, 2.24) is 10.2 Å². The molecule has 188 valence electrons. The highest BCUT2D eigenvalue weighted by atomic mass is 16.6. The number of anilines is 1. The number of aryl methyl sites for hydroxylation is 2. The molecule has 0 saturated heterocycles. The van der Waals surface area contributed by atoms with Gasteiger partial charge in [-0.1, -0.05) is 23.8 Å². The number of ether oxygens (including phenoxy) is 2. The molecule has 2 aromatic rings. The van der Waals surface area contributed by atoms with E-state index in [0.717, 1.165) is 29.5 Å². The third-order valence-electron chi connectivity index (χ3n) is 5.62. The van der Waals surface area contributed by atoms with Crippen LogP contribution in [0.4, 0.5) is 10.5 Å². The molecule has 1 atom stereocenters. The summed E-state index contributed by atoms with van der Waals surface area (Å²) in [5.41, 5.74) is 2.65. The maximum Gasteiger partial charge on any atom is 0.408 e. The van der Waals surface area contributed by atoms with E-state index < -0.39 is 17.7 Å². The van der Waals surface area contributed by atoms with Crippen LogP contribution in [-0.2, 0) is 14.3 Å². The van der Waals surface area contributed by atoms with Gasteiger partial charge in [-0.3, -0.25) is 9.59 Å². The quantitative estimate of drug-likeness (QED) is 0.578. The number of rotatable bonds is 8. The summed E-state index contributed by atoms with van der Waals surface area (Å²) < 4.78 is 10.4. The summed E-state index contributed by atoms with van der Waals surface area (Å²) in [5, 5.41) is 5.48. The largest absolute Gasteiger partial charge is 0.497 e. The average molecular weight is 482 g/mol. The predicted molar refractivity (Wildman–Crippen MR) is 134 cm³/mol. The highest BCUT2D eigenvalue weighted by molar-refractivity contribution is 5.98. The Bertz CT molecular complexity index is 1070. The fourth-order valence-corrected chi connectivity index (χ4v) is 3.90. The summed E-state index contributed by atoms with van der Waals surface area (Å²) in [6.07, 6.45) is 0.928. The number of carbonyl (C=O) groups excluding carboxylic acids is 3. The summed E-state index contributed by atoms with van der Waals surface area (Å²) in [7, 11) is 1.58. The van der Waals surface area contributed by atoms with Crippen LogP contribution in [0.15, 0.2) is 42.5 Å². The van der Waals surface area contributed by atoms with Gasteiger partial charge in [-0.05, 0) is 82.9 Å². The number of benzene rings is 2. The van der Waals surface area contributed by atoms with Crippen LogP contribution in [0.5, 0.6) is 5.75 Å². The highest BCUT2D eigenvalue weighted by Gasteiger charge is 2.42. The van der Waals surface area contributed by atoms with Crippen LogP contribution in [-0.4, -0.2) is 48.1 Å². The van der Waals surface area contributed by atoms with E-state index in [-0.39, 0.29) is 24.4 Å². The zero-order chi connectivity index (χ0) is 25.8. The van der Waals surface area contributed by atoms with Gasteiger partial charge in [-0.25, -0.2) is 4.79 Å². The van der Waals surface area contributed by atoms with Gasteiger partial charge in [-0.15, -0.1) is 0 Å². The standard InChI is InChI=1S/C27H35N3O5/c1-17-7-14-22(18(2)15-17)24(25(32)29-19-8-12-21(34-6)13-9-19)30(20-10-11-20)23(31)16-28-26(33)35-27(3,4)5/h7-9,12-15,20,24H,10-11,16H2,1-6H3,(H,28,33)(H,29,32). The molecule has 1 aliphatic carbocycles. The Morgan fingerprint density at radius 2 is 1.71 bits per heavy atom. The van der Waals surface area contributed by atoms with Gasteiger partial charge in [0.15, 0.2) is 0 Å². The number of amides is 3. The van der Waals surface area contributed by atoms with Crippen LogP contribution in [0.3, 0.4) is 0 Å². The Kier molecular flexibility index (Phi) is 8.04. The number of methoxy groups -OCH3 is 1. The molecule has 3 rings (SSSR count). The Labute approximate surface area is 207 Å². The van der Waals surface area contributed by atoms with Crippen molar-refractivity contribution in [2.24, 2.45) is 0 Å². The molecule has 8 nitrogen and oxygen atoms in total. The Morgan fingerprint density at radius 3 is 2.26 bits per heavy atom. The molecule has 0 aromatic heterocycles. The second-order valence-electron chi connectivity index (χ2n) is 9.87. The molecule has 8 heteroatoms. The van der Waals surface area contributed by atoms with E-state index in [4.69, 9.17) is 9.47 Å². The molecule has 0 heterocycles. The molecular formula is C27H35N3O5. The number of nitrogens with zero attached hydrogens (tertiary/aromatic N) is 1. The lowest BCUT2D eigenvalue weighted by molar-refractivity contribution is -0.139. The summed E-state index contributed by atoms with van der Waals surface area (Å²) >= 11 is 0. The molecule has 1 unspecified atom stereocenters. The third-order valence-corrected chi connectivity index (χ3v) is 5.62. The summed E-state index contributed by atoms with van der Waals surface area (Å²) in [6, 6.07) is 11.9. The van der Waals surface area contributed by atoms with Crippen LogP contribution in [0.1, 0.15) is 56.3 Å². The van der Waals surface area contributed by atoms with Crippen molar-refractivity contribution in [2.75, 3.05) is 19.0 Å². The number of carbonyl (C=O) groups is 3. The molecule has 2 N–H and O–H groups in total. The SMILES string of the molecule is COc1ccc(NC(=O)C(c2ccc(C)cc2C)N(C(=O)CNC(=O)OC(C)(C)C)C2CC2)cc1. The Balaban J connectivity index is 1.88. The van der Waals surface area contributed by atoms with E-state index in [1.165, 1.54) is 0 Å². The highest BCUT2D eigenvalue weighted by Crippen LogP contribution is 2.36. The second kappa shape index (κ2) is 10.8. The minimum atomic E-state index is -0.849. The maximum atomic E-state index is 13.7. The molecule has 1 saturated carbocycles. The van der Waals surface area contributed by atoms with E-state index >= 15 is 0 Å². The summed E-state index contributed by atoms with van der Waals surface area (Å²) in [6.45, 7) is 8.92.